The van der Waals surface area contributed by atoms with Gasteiger partial charge in [-0.2, -0.15) is 8.42 Å². The lowest BCUT2D eigenvalue weighted by Crippen LogP contribution is -2.10. The van der Waals surface area contributed by atoms with Gasteiger partial charge in [0, 0.05) is 6.07 Å². The average molecular weight is 300 g/mol. The normalized spacial score (nSPS) is 11.3. The van der Waals surface area contributed by atoms with Crippen molar-refractivity contribution < 1.29 is 21.4 Å². The Bertz CT molecular complexity index is 763. The molecule has 0 amide bonds. The quantitative estimate of drug-likeness (QED) is 0.666. The predicted octanol–water partition coefficient (Wildman–Crippen LogP) is 1.90. The van der Waals surface area contributed by atoms with Gasteiger partial charge in [0.25, 0.3) is 0 Å². The number of anilines is 2. The summed E-state index contributed by atoms with van der Waals surface area (Å²) in [6.07, 6.45) is 0. The number of benzene rings is 2. The summed E-state index contributed by atoms with van der Waals surface area (Å²) in [5.41, 5.74) is 11.4. The molecule has 2 rings (SSSR count). The van der Waals surface area contributed by atoms with Crippen LogP contribution in [0.2, 0.25) is 0 Å². The molecular formula is C12H10F2N2O3S. The molecule has 0 fully saturated rings. The first-order valence-corrected chi connectivity index (χ1v) is 6.75. The monoisotopic (exact) mass is 300 g/mol. The van der Waals surface area contributed by atoms with Gasteiger partial charge in [-0.3, -0.25) is 0 Å². The smallest absolute Gasteiger partial charge is 0.339 e. The molecule has 0 bridgehead atoms. The van der Waals surface area contributed by atoms with Gasteiger partial charge in [0.1, 0.15) is 10.6 Å². The van der Waals surface area contributed by atoms with Crippen molar-refractivity contribution in [1.29, 1.82) is 0 Å². The van der Waals surface area contributed by atoms with Gasteiger partial charge >= 0.3 is 10.1 Å². The molecule has 0 saturated carbocycles. The SMILES string of the molecule is Nc1ccc(OS(=O)(=O)c2ccc(F)c(F)c2)cc1N. The Balaban J connectivity index is 2.35. The molecule has 0 saturated heterocycles. The first-order chi connectivity index (χ1) is 9.29. The van der Waals surface area contributed by atoms with Crippen LogP contribution in [-0.4, -0.2) is 8.42 Å². The molecular weight excluding hydrogens is 290 g/mol. The third-order valence-electron chi connectivity index (χ3n) is 2.44. The van der Waals surface area contributed by atoms with E-state index in [4.69, 9.17) is 15.7 Å². The highest BCUT2D eigenvalue weighted by molar-refractivity contribution is 7.87. The molecule has 0 radical (unpaired) electrons. The molecule has 0 atom stereocenters. The van der Waals surface area contributed by atoms with Crippen LogP contribution in [0.3, 0.4) is 0 Å². The number of hydrogen-bond donors (Lipinski definition) is 2. The minimum absolute atomic E-state index is 0.0820. The van der Waals surface area contributed by atoms with Crippen molar-refractivity contribution in [1.82, 2.24) is 0 Å². The fourth-order valence-corrected chi connectivity index (χ4v) is 2.35. The van der Waals surface area contributed by atoms with Crippen LogP contribution in [0.15, 0.2) is 41.3 Å². The molecule has 0 aliphatic rings. The molecule has 0 aromatic heterocycles. The fourth-order valence-electron chi connectivity index (χ4n) is 1.41. The minimum Gasteiger partial charge on any atom is -0.397 e. The highest BCUT2D eigenvalue weighted by Gasteiger charge is 2.19. The van der Waals surface area contributed by atoms with Crippen LogP contribution < -0.4 is 15.7 Å². The zero-order chi connectivity index (χ0) is 14.9. The lowest BCUT2D eigenvalue weighted by molar-refractivity contribution is 0.479. The summed E-state index contributed by atoms with van der Waals surface area (Å²) >= 11 is 0. The van der Waals surface area contributed by atoms with Gasteiger partial charge in [-0.05, 0) is 30.3 Å². The maximum atomic E-state index is 13.0. The van der Waals surface area contributed by atoms with Gasteiger partial charge in [0.05, 0.1) is 11.4 Å². The highest BCUT2D eigenvalue weighted by atomic mass is 32.2. The van der Waals surface area contributed by atoms with E-state index in [1.807, 2.05) is 0 Å². The second-order valence-electron chi connectivity index (χ2n) is 3.90. The summed E-state index contributed by atoms with van der Waals surface area (Å²) in [4.78, 5) is -0.508. The second kappa shape index (κ2) is 4.97. The zero-order valence-electron chi connectivity index (χ0n) is 10.0. The molecule has 4 N–H and O–H groups in total. The van der Waals surface area contributed by atoms with Crippen molar-refractivity contribution in [2.24, 2.45) is 0 Å². The molecule has 2 aromatic carbocycles. The van der Waals surface area contributed by atoms with Crippen LogP contribution in [0.1, 0.15) is 0 Å². The van der Waals surface area contributed by atoms with Crippen LogP contribution >= 0.6 is 0 Å². The third-order valence-corrected chi connectivity index (χ3v) is 3.69. The number of nitrogen functional groups attached to an aromatic ring is 2. The Morgan fingerprint density at radius 2 is 1.60 bits per heavy atom. The molecule has 0 unspecified atom stereocenters. The van der Waals surface area contributed by atoms with Gasteiger partial charge in [0.15, 0.2) is 11.6 Å². The zero-order valence-corrected chi connectivity index (χ0v) is 10.8. The van der Waals surface area contributed by atoms with Crippen molar-refractivity contribution >= 4 is 21.5 Å². The third kappa shape index (κ3) is 2.80. The number of halogens is 2. The summed E-state index contributed by atoms with van der Waals surface area (Å²) in [6, 6.07) is 6.00. The van der Waals surface area contributed by atoms with Gasteiger partial charge in [0.2, 0.25) is 0 Å². The van der Waals surface area contributed by atoms with Gasteiger partial charge in [-0.15, -0.1) is 0 Å². The molecule has 106 valence electrons. The van der Waals surface area contributed by atoms with E-state index in [1.165, 1.54) is 18.2 Å². The van der Waals surface area contributed by atoms with E-state index < -0.39 is 26.6 Å². The second-order valence-corrected chi connectivity index (χ2v) is 5.45. The van der Waals surface area contributed by atoms with Crippen molar-refractivity contribution in [3.05, 3.63) is 48.0 Å². The molecule has 5 nitrogen and oxygen atoms in total. The van der Waals surface area contributed by atoms with E-state index in [-0.39, 0.29) is 17.1 Å². The van der Waals surface area contributed by atoms with Crippen LogP contribution in [0.25, 0.3) is 0 Å². The molecule has 20 heavy (non-hydrogen) atoms. The van der Waals surface area contributed by atoms with Crippen LogP contribution in [0, 0.1) is 11.6 Å². The number of hydrogen-bond acceptors (Lipinski definition) is 5. The first-order valence-electron chi connectivity index (χ1n) is 5.34. The Kier molecular flexibility index (Phi) is 3.49. The molecule has 0 aliphatic carbocycles. The molecule has 0 aliphatic heterocycles. The molecule has 0 heterocycles. The average Bonchev–Trinajstić information content (AvgIpc) is 2.37. The summed E-state index contributed by atoms with van der Waals surface area (Å²) in [5, 5.41) is 0. The standard InChI is InChI=1S/C12H10F2N2O3S/c13-9-3-2-8(6-10(9)14)20(17,18)19-7-1-4-11(15)12(16)5-7/h1-6H,15-16H2. The highest BCUT2D eigenvalue weighted by Crippen LogP contribution is 2.25. The van der Waals surface area contributed by atoms with E-state index >= 15 is 0 Å². The van der Waals surface area contributed by atoms with Gasteiger partial charge in [-0.25, -0.2) is 8.78 Å². The van der Waals surface area contributed by atoms with Crippen LogP contribution in [0.4, 0.5) is 20.2 Å². The largest absolute Gasteiger partial charge is 0.397 e. The lowest BCUT2D eigenvalue weighted by Gasteiger charge is -2.08. The van der Waals surface area contributed by atoms with E-state index in [0.717, 1.165) is 6.07 Å². The van der Waals surface area contributed by atoms with E-state index in [2.05, 4.69) is 0 Å². The maximum absolute atomic E-state index is 13.0. The van der Waals surface area contributed by atoms with Crippen molar-refractivity contribution in [3.8, 4) is 5.75 Å². The van der Waals surface area contributed by atoms with Crippen molar-refractivity contribution in [2.75, 3.05) is 11.5 Å². The maximum Gasteiger partial charge on any atom is 0.339 e. The Labute approximate surface area is 113 Å². The molecule has 2 aromatic rings. The van der Waals surface area contributed by atoms with E-state index in [0.29, 0.717) is 12.1 Å². The van der Waals surface area contributed by atoms with Gasteiger partial charge in [-0.1, -0.05) is 0 Å². The summed E-state index contributed by atoms with van der Waals surface area (Å²) in [5.74, 6) is -2.52. The van der Waals surface area contributed by atoms with Crippen LogP contribution in [0.5, 0.6) is 5.75 Å². The Hall–Kier alpha value is -2.35. The summed E-state index contributed by atoms with van der Waals surface area (Å²) in [7, 11) is -4.29. The van der Waals surface area contributed by atoms with E-state index in [1.54, 1.807) is 0 Å². The summed E-state index contributed by atoms with van der Waals surface area (Å²) < 4.78 is 54.3. The molecule has 0 spiro atoms. The first kappa shape index (κ1) is 14.1. The van der Waals surface area contributed by atoms with E-state index in [9.17, 15) is 17.2 Å². The van der Waals surface area contributed by atoms with Crippen molar-refractivity contribution in [2.45, 2.75) is 4.90 Å². The lowest BCUT2D eigenvalue weighted by atomic mass is 10.3. The fraction of sp³-hybridized carbons (Fsp3) is 0. The number of nitrogens with two attached hydrogens (primary N) is 2. The minimum atomic E-state index is -4.29. The number of rotatable bonds is 3. The van der Waals surface area contributed by atoms with Crippen molar-refractivity contribution in [3.63, 3.8) is 0 Å². The van der Waals surface area contributed by atoms with Gasteiger partial charge < -0.3 is 15.7 Å². The Morgan fingerprint density at radius 1 is 0.900 bits per heavy atom. The molecule has 8 heteroatoms. The predicted molar refractivity (Wildman–Crippen MR) is 69.4 cm³/mol. The van der Waals surface area contributed by atoms with Crippen LogP contribution in [-0.2, 0) is 10.1 Å². The Morgan fingerprint density at radius 3 is 2.20 bits per heavy atom. The topological polar surface area (TPSA) is 95.4 Å². The summed E-state index contributed by atoms with van der Waals surface area (Å²) in [6.45, 7) is 0.